The van der Waals surface area contributed by atoms with Crippen LogP contribution in [0.25, 0.3) is 0 Å². The number of nitrogens with one attached hydrogen (secondary N) is 1. The van der Waals surface area contributed by atoms with Gasteiger partial charge in [-0.2, -0.15) is 0 Å². The van der Waals surface area contributed by atoms with Crippen LogP contribution in [0.2, 0.25) is 0 Å². The Labute approximate surface area is 128 Å². The van der Waals surface area contributed by atoms with E-state index < -0.39 is 0 Å². The van der Waals surface area contributed by atoms with Gasteiger partial charge >= 0.3 is 0 Å². The molecule has 0 unspecified atom stereocenters. The Morgan fingerprint density at radius 3 is 2.48 bits per heavy atom. The van der Waals surface area contributed by atoms with Crippen LogP contribution in [0, 0.1) is 0 Å². The summed E-state index contributed by atoms with van der Waals surface area (Å²) in [4.78, 5) is 2.44. The molecule has 0 radical (unpaired) electrons. The second-order valence-corrected chi connectivity index (χ2v) is 6.77. The zero-order chi connectivity index (χ0) is 15.5. The Morgan fingerprint density at radius 2 is 1.90 bits per heavy atom. The van der Waals surface area contributed by atoms with E-state index in [1.807, 2.05) is 12.1 Å². The van der Waals surface area contributed by atoms with E-state index in [0.29, 0.717) is 5.75 Å². The van der Waals surface area contributed by atoms with Crippen LogP contribution in [0.4, 0.5) is 0 Å². The number of piperazine rings is 1. The summed E-state index contributed by atoms with van der Waals surface area (Å²) in [5.74, 6) is 1.26. The van der Waals surface area contributed by atoms with Gasteiger partial charge in [0, 0.05) is 38.3 Å². The first kappa shape index (κ1) is 16.1. The van der Waals surface area contributed by atoms with Crippen molar-refractivity contribution in [1.29, 1.82) is 0 Å². The van der Waals surface area contributed by atoms with E-state index >= 15 is 0 Å². The smallest absolute Gasteiger partial charge is 0.122 e. The highest BCUT2D eigenvalue weighted by Gasteiger charge is 2.22. The maximum atomic E-state index is 10.6. The van der Waals surface area contributed by atoms with Gasteiger partial charge in [-0.1, -0.05) is 20.8 Å². The van der Waals surface area contributed by atoms with Crippen molar-refractivity contribution >= 4 is 0 Å². The van der Waals surface area contributed by atoms with Gasteiger partial charge in [-0.3, -0.25) is 0 Å². The number of phenolic OH excluding ortho intramolecular Hbond substituents is 1. The fourth-order valence-electron chi connectivity index (χ4n) is 2.76. The zero-order valence-corrected chi connectivity index (χ0v) is 13.7. The molecule has 2 N–H and O–H groups in total. The maximum absolute atomic E-state index is 10.6. The molecule has 0 atom stereocenters. The second kappa shape index (κ2) is 6.67. The average molecular weight is 292 g/mol. The van der Waals surface area contributed by atoms with Gasteiger partial charge in [0.25, 0.3) is 0 Å². The molecule has 1 aromatic carbocycles. The van der Waals surface area contributed by atoms with Gasteiger partial charge in [0.05, 0.1) is 7.11 Å². The summed E-state index contributed by atoms with van der Waals surface area (Å²) < 4.78 is 5.40. The molecule has 1 saturated heterocycles. The molecule has 1 aliphatic rings. The highest BCUT2D eigenvalue weighted by Crippen LogP contribution is 2.36. The lowest BCUT2D eigenvalue weighted by atomic mass is 9.84. The number of hydrogen-bond donors (Lipinski definition) is 2. The molecule has 0 saturated carbocycles. The van der Waals surface area contributed by atoms with Crippen molar-refractivity contribution in [2.24, 2.45) is 0 Å². The molecular formula is C17H28N2O2. The standard InChI is InChI=1S/C17H28N2O2/c1-17(2,3)15-12-14(21-4)11-13(16(15)20)5-8-19-9-6-18-7-10-19/h11-12,18,20H,5-10H2,1-4H3. The molecule has 4 heteroatoms. The number of nitrogens with zero attached hydrogens (tertiary/aromatic N) is 1. The van der Waals surface area contributed by atoms with Crippen molar-refractivity contribution in [3.8, 4) is 11.5 Å². The summed E-state index contributed by atoms with van der Waals surface area (Å²) in [6.45, 7) is 11.6. The van der Waals surface area contributed by atoms with E-state index in [4.69, 9.17) is 4.74 Å². The van der Waals surface area contributed by atoms with Crippen LogP contribution in [0.5, 0.6) is 11.5 Å². The van der Waals surface area contributed by atoms with E-state index in [2.05, 4.69) is 31.0 Å². The number of aromatic hydroxyl groups is 1. The molecule has 0 aromatic heterocycles. The van der Waals surface area contributed by atoms with E-state index in [1.54, 1.807) is 7.11 Å². The van der Waals surface area contributed by atoms with Gasteiger partial charge in [-0.05, 0) is 29.5 Å². The third-order valence-electron chi connectivity index (χ3n) is 4.11. The zero-order valence-electron chi connectivity index (χ0n) is 13.7. The molecule has 1 aliphatic heterocycles. The molecule has 4 nitrogen and oxygen atoms in total. The van der Waals surface area contributed by atoms with Crippen LogP contribution in [0.3, 0.4) is 0 Å². The Morgan fingerprint density at radius 1 is 1.24 bits per heavy atom. The Balaban J connectivity index is 2.17. The van der Waals surface area contributed by atoms with Crippen LogP contribution < -0.4 is 10.1 Å². The Kier molecular flexibility index (Phi) is 5.12. The fraction of sp³-hybridized carbons (Fsp3) is 0.647. The molecule has 2 rings (SSSR count). The first-order chi connectivity index (χ1) is 9.91. The number of phenols is 1. The van der Waals surface area contributed by atoms with Gasteiger partial charge in [-0.25, -0.2) is 0 Å². The highest BCUT2D eigenvalue weighted by atomic mass is 16.5. The van der Waals surface area contributed by atoms with Crippen molar-refractivity contribution < 1.29 is 9.84 Å². The molecule has 1 heterocycles. The molecule has 0 amide bonds. The normalized spacial score (nSPS) is 17.0. The number of ether oxygens (including phenoxy) is 1. The van der Waals surface area contributed by atoms with Crippen molar-refractivity contribution in [3.63, 3.8) is 0 Å². The van der Waals surface area contributed by atoms with E-state index in [1.165, 1.54) is 0 Å². The average Bonchev–Trinajstić information content (AvgIpc) is 2.46. The van der Waals surface area contributed by atoms with E-state index in [9.17, 15) is 5.11 Å². The lowest BCUT2D eigenvalue weighted by Crippen LogP contribution is -2.44. The minimum atomic E-state index is -0.0948. The van der Waals surface area contributed by atoms with Crippen LogP contribution in [0.1, 0.15) is 31.9 Å². The van der Waals surface area contributed by atoms with E-state index in [-0.39, 0.29) is 5.41 Å². The monoisotopic (exact) mass is 292 g/mol. The fourth-order valence-corrected chi connectivity index (χ4v) is 2.76. The van der Waals surface area contributed by atoms with Crippen LogP contribution in [0.15, 0.2) is 12.1 Å². The summed E-state index contributed by atoms with van der Waals surface area (Å²) in [5, 5.41) is 13.9. The van der Waals surface area contributed by atoms with Crippen molar-refractivity contribution in [1.82, 2.24) is 10.2 Å². The summed E-state index contributed by atoms with van der Waals surface area (Å²) in [5.41, 5.74) is 1.84. The summed E-state index contributed by atoms with van der Waals surface area (Å²) in [6.07, 6.45) is 0.853. The van der Waals surface area contributed by atoms with Gasteiger partial charge in [0.1, 0.15) is 11.5 Å². The summed E-state index contributed by atoms with van der Waals surface area (Å²) in [7, 11) is 1.68. The van der Waals surface area contributed by atoms with Crippen molar-refractivity contribution in [2.45, 2.75) is 32.6 Å². The molecule has 118 valence electrons. The van der Waals surface area contributed by atoms with Crippen LogP contribution >= 0.6 is 0 Å². The predicted molar refractivity (Wildman–Crippen MR) is 86.4 cm³/mol. The minimum absolute atomic E-state index is 0.0948. The van der Waals surface area contributed by atoms with Crippen molar-refractivity contribution in [2.75, 3.05) is 39.8 Å². The molecular weight excluding hydrogens is 264 g/mol. The quantitative estimate of drug-likeness (QED) is 0.892. The van der Waals surface area contributed by atoms with Gasteiger partial charge < -0.3 is 20.1 Å². The summed E-state index contributed by atoms with van der Waals surface area (Å²) in [6, 6.07) is 3.91. The molecule has 1 aromatic rings. The summed E-state index contributed by atoms with van der Waals surface area (Å²) >= 11 is 0. The first-order valence-corrected chi connectivity index (χ1v) is 7.75. The minimum Gasteiger partial charge on any atom is -0.507 e. The SMILES string of the molecule is COc1cc(CCN2CCNCC2)c(O)c(C(C)(C)C)c1. The highest BCUT2D eigenvalue weighted by molar-refractivity contribution is 5.49. The van der Waals surface area contributed by atoms with Gasteiger partial charge in [-0.15, -0.1) is 0 Å². The van der Waals surface area contributed by atoms with Gasteiger partial charge in [0.15, 0.2) is 0 Å². The lowest BCUT2D eigenvalue weighted by Gasteiger charge is -2.28. The number of rotatable bonds is 4. The van der Waals surface area contributed by atoms with Crippen molar-refractivity contribution in [3.05, 3.63) is 23.3 Å². The number of hydrogen-bond acceptors (Lipinski definition) is 4. The third-order valence-corrected chi connectivity index (χ3v) is 4.11. The number of methoxy groups -OCH3 is 1. The maximum Gasteiger partial charge on any atom is 0.122 e. The molecule has 0 spiro atoms. The third kappa shape index (κ3) is 4.11. The Bertz CT molecular complexity index is 474. The predicted octanol–water partition coefficient (Wildman–Crippen LogP) is 2.15. The second-order valence-electron chi connectivity index (χ2n) is 6.77. The van der Waals surface area contributed by atoms with Crippen LogP contribution in [-0.2, 0) is 11.8 Å². The van der Waals surface area contributed by atoms with Gasteiger partial charge in [0.2, 0.25) is 0 Å². The molecule has 0 aliphatic carbocycles. The topological polar surface area (TPSA) is 44.7 Å². The molecule has 21 heavy (non-hydrogen) atoms. The lowest BCUT2D eigenvalue weighted by molar-refractivity contribution is 0.243. The molecule has 0 bridgehead atoms. The number of benzene rings is 1. The molecule has 1 fully saturated rings. The largest absolute Gasteiger partial charge is 0.507 e. The van der Waals surface area contributed by atoms with Crippen LogP contribution in [-0.4, -0.2) is 49.8 Å². The Hall–Kier alpha value is -1.26. The first-order valence-electron chi connectivity index (χ1n) is 7.75. The van der Waals surface area contributed by atoms with E-state index in [0.717, 1.165) is 56.0 Å².